The Morgan fingerprint density at radius 2 is 2.06 bits per heavy atom. The highest BCUT2D eigenvalue weighted by Crippen LogP contribution is 2.61. The van der Waals surface area contributed by atoms with Gasteiger partial charge in [0.15, 0.2) is 0 Å². The summed E-state index contributed by atoms with van der Waals surface area (Å²) in [5.41, 5.74) is 1.88. The molecule has 17 heavy (non-hydrogen) atoms. The molecule has 4 atom stereocenters. The van der Waals surface area contributed by atoms with Crippen LogP contribution in [0.5, 0.6) is 0 Å². The van der Waals surface area contributed by atoms with E-state index in [0.29, 0.717) is 23.0 Å². The maximum atomic E-state index is 11.9. The number of carbonyl (C=O) groups excluding carboxylic acids is 1. The van der Waals surface area contributed by atoms with E-state index in [1.54, 1.807) is 0 Å². The van der Waals surface area contributed by atoms with Gasteiger partial charge in [-0.15, -0.1) is 0 Å². The third-order valence-corrected chi connectivity index (χ3v) is 6.00. The van der Waals surface area contributed by atoms with E-state index in [-0.39, 0.29) is 5.41 Å². The lowest BCUT2D eigenvalue weighted by molar-refractivity contribution is -0.141. The van der Waals surface area contributed by atoms with Crippen LogP contribution >= 0.6 is 0 Å². The maximum Gasteiger partial charge on any atom is 0.133 e. The first-order valence-electron chi connectivity index (χ1n) is 6.95. The number of carbonyl (C=O) groups is 1. The molecule has 1 nitrogen and oxygen atoms in total. The standard InChI is InChI=1S/C16H26O/c1-11(2)13-6-7-15(4)10-14(17)8-12(3)16(15,5)9-13/h12-13H,1,6-10H2,2-5H3. The summed E-state index contributed by atoms with van der Waals surface area (Å²) in [6, 6.07) is 0. The summed E-state index contributed by atoms with van der Waals surface area (Å²) in [7, 11) is 0. The molecule has 2 rings (SSSR count). The molecule has 0 bridgehead atoms. The van der Waals surface area contributed by atoms with Crippen LogP contribution in [0.1, 0.15) is 59.8 Å². The summed E-state index contributed by atoms with van der Waals surface area (Å²) in [5.74, 6) is 1.67. The lowest BCUT2D eigenvalue weighted by atomic mass is 9.46. The van der Waals surface area contributed by atoms with E-state index in [1.807, 2.05) is 0 Å². The van der Waals surface area contributed by atoms with Crippen LogP contribution in [0.15, 0.2) is 12.2 Å². The van der Waals surface area contributed by atoms with E-state index in [1.165, 1.54) is 24.8 Å². The lowest BCUT2D eigenvalue weighted by Crippen LogP contribution is -2.52. The molecule has 0 aromatic heterocycles. The first kappa shape index (κ1) is 12.9. The van der Waals surface area contributed by atoms with E-state index in [9.17, 15) is 4.79 Å². The molecule has 0 amide bonds. The molecule has 0 spiro atoms. The molecule has 1 heteroatoms. The van der Waals surface area contributed by atoms with Crippen LogP contribution in [0.4, 0.5) is 0 Å². The molecule has 0 radical (unpaired) electrons. The minimum atomic E-state index is 0.230. The van der Waals surface area contributed by atoms with E-state index < -0.39 is 0 Å². The van der Waals surface area contributed by atoms with Crippen LogP contribution in [0.25, 0.3) is 0 Å². The Balaban J connectivity index is 2.30. The quantitative estimate of drug-likeness (QED) is 0.616. The fourth-order valence-corrected chi connectivity index (χ4v) is 4.22. The van der Waals surface area contributed by atoms with Gasteiger partial charge in [0.25, 0.3) is 0 Å². The molecule has 2 aliphatic rings. The van der Waals surface area contributed by atoms with Gasteiger partial charge in [0.2, 0.25) is 0 Å². The van der Waals surface area contributed by atoms with E-state index >= 15 is 0 Å². The van der Waals surface area contributed by atoms with Gasteiger partial charge >= 0.3 is 0 Å². The maximum absolute atomic E-state index is 11.9. The Morgan fingerprint density at radius 3 is 2.65 bits per heavy atom. The fourth-order valence-electron chi connectivity index (χ4n) is 4.22. The first-order chi connectivity index (χ1) is 7.78. The summed E-state index contributed by atoms with van der Waals surface area (Å²) < 4.78 is 0. The van der Waals surface area contributed by atoms with Crippen LogP contribution in [0, 0.1) is 22.7 Å². The van der Waals surface area contributed by atoms with Gasteiger partial charge in [-0.2, -0.15) is 0 Å². The van der Waals surface area contributed by atoms with Crippen molar-refractivity contribution < 1.29 is 4.79 Å². The Morgan fingerprint density at radius 1 is 1.41 bits per heavy atom. The van der Waals surface area contributed by atoms with Crippen LogP contribution in [0.2, 0.25) is 0 Å². The third kappa shape index (κ3) is 1.88. The number of rotatable bonds is 1. The number of Topliss-reactive ketones (excluding diaryl/α,β-unsaturated/α-hetero) is 1. The second kappa shape index (κ2) is 3.96. The van der Waals surface area contributed by atoms with Crippen molar-refractivity contribution in [3.05, 3.63) is 12.2 Å². The van der Waals surface area contributed by atoms with E-state index in [0.717, 1.165) is 12.8 Å². The highest BCUT2D eigenvalue weighted by atomic mass is 16.1. The highest BCUT2D eigenvalue weighted by molar-refractivity contribution is 5.80. The van der Waals surface area contributed by atoms with Crippen LogP contribution < -0.4 is 0 Å². The summed E-state index contributed by atoms with van der Waals surface area (Å²) in [5, 5.41) is 0. The second-order valence-electron chi connectivity index (χ2n) is 7.08. The molecule has 2 fully saturated rings. The Labute approximate surface area is 106 Å². The molecule has 96 valence electrons. The highest BCUT2D eigenvalue weighted by Gasteiger charge is 2.55. The number of hydrogen-bond donors (Lipinski definition) is 0. The van der Waals surface area contributed by atoms with Crippen molar-refractivity contribution in [3.63, 3.8) is 0 Å². The van der Waals surface area contributed by atoms with Crippen LogP contribution in [-0.2, 0) is 4.79 Å². The minimum absolute atomic E-state index is 0.230. The molecule has 0 saturated heterocycles. The average Bonchev–Trinajstić information content (AvgIpc) is 2.20. The van der Waals surface area contributed by atoms with Crippen molar-refractivity contribution in [3.8, 4) is 0 Å². The monoisotopic (exact) mass is 234 g/mol. The molecule has 0 aromatic carbocycles. The molecule has 0 aliphatic heterocycles. The van der Waals surface area contributed by atoms with Gasteiger partial charge in [-0.3, -0.25) is 4.79 Å². The molecular weight excluding hydrogens is 208 g/mol. The average molecular weight is 234 g/mol. The van der Waals surface area contributed by atoms with Crippen LogP contribution in [0.3, 0.4) is 0 Å². The van der Waals surface area contributed by atoms with Gasteiger partial charge in [-0.05, 0) is 48.9 Å². The van der Waals surface area contributed by atoms with Crippen molar-refractivity contribution in [2.75, 3.05) is 0 Å². The normalized spacial score (nSPS) is 46.5. The largest absolute Gasteiger partial charge is 0.300 e. The molecule has 2 saturated carbocycles. The van der Waals surface area contributed by atoms with Crippen molar-refractivity contribution >= 4 is 5.78 Å². The minimum Gasteiger partial charge on any atom is -0.300 e. The number of hydrogen-bond acceptors (Lipinski definition) is 1. The van der Waals surface area contributed by atoms with Crippen LogP contribution in [-0.4, -0.2) is 5.78 Å². The van der Waals surface area contributed by atoms with E-state index in [4.69, 9.17) is 0 Å². The zero-order chi connectivity index (χ0) is 12.8. The molecule has 2 aliphatic carbocycles. The number of ketones is 1. The van der Waals surface area contributed by atoms with Crippen molar-refractivity contribution in [1.29, 1.82) is 0 Å². The van der Waals surface area contributed by atoms with Gasteiger partial charge in [-0.25, -0.2) is 0 Å². The predicted octanol–water partition coefficient (Wildman–Crippen LogP) is 4.37. The molecule has 4 unspecified atom stereocenters. The number of allylic oxidation sites excluding steroid dienone is 1. The van der Waals surface area contributed by atoms with E-state index in [2.05, 4.69) is 34.3 Å². The van der Waals surface area contributed by atoms with Gasteiger partial charge < -0.3 is 0 Å². The number of fused-ring (bicyclic) bond motifs is 1. The summed E-state index contributed by atoms with van der Waals surface area (Å²) in [6.07, 6.45) is 5.23. The summed E-state index contributed by atoms with van der Waals surface area (Å²) in [4.78, 5) is 11.9. The molecule has 0 aromatic rings. The van der Waals surface area contributed by atoms with Gasteiger partial charge in [0.05, 0.1) is 0 Å². The molecular formula is C16H26O. The predicted molar refractivity (Wildman–Crippen MR) is 71.8 cm³/mol. The first-order valence-corrected chi connectivity index (χ1v) is 6.95. The Kier molecular flexibility index (Phi) is 3.00. The van der Waals surface area contributed by atoms with Crippen molar-refractivity contribution in [2.45, 2.75) is 59.8 Å². The summed E-state index contributed by atoms with van der Waals surface area (Å²) in [6.45, 7) is 13.3. The van der Waals surface area contributed by atoms with Gasteiger partial charge in [0, 0.05) is 12.8 Å². The zero-order valence-corrected chi connectivity index (χ0v) is 11.8. The Bertz CT molecular complexity index is 357. The Hall–Kier alpha value is -0.590. The molecule has 0 heterocycles. The van der Waals surface area contributed by atoms with Gasteiger partial charge in [-0.1, -0.05) is 32.9 Å². The lowest BCUT2D eigenvalue weighted by Gasteiger charge is -2.58. The van der Waals surface area contributed by atoms with Gasteiger partial charge in [0.1, 0.15) is 5.78 Å². The zero-order valence-electron chi connectivity index (χ0n) is 11.8. The topological polar surface area (TPSA) is 17.1 Å². The second-order valence-corrected chi connectivity index (χ2v) is 7.08. The SMILES string of the molecule is C=C(C)C1CCC2(C)CC(=O)CC(C)C2(C)C1. The van der Waals surface area contributed by atoms with Crippen molar-refractivity contribution in [2.24, 2.45) is 22.7 Å². The third-order valence-electron chi connectivity index (χ3n) is 6.00. The molecule has 0 N–H and O–H groups in total. The van der Waals surface area contributed by atoms with Crippen molar-refractivity contribution in [1.82, 2.24) is 0 Å². The fraction of sp³-hybridized carbons (Fsp3) is 0.812. The smallest absolute Gasteiger partial charge is 0.133 e. The summed E-state index contributed by atoms with van der Waals surface area (Å²) >= 11 is 0.